The SMILES string of the molecule is Cc1ccc(Br)cc1C(=O)Nc1c(N)cccc1F. The first-order valence-electron chi connectivity index (χ1n) is 5.60. The van der Waals surface area contributed by atoms with E-state index in [1.54, 1.807) is 6.07 Å². The number of halogens is 2. The van der Waals surface area contributed by atoms with Crippen LogP contribution in [0.15, 0.2) is 40.9 Å². The van der Waals surface area contributed by atoms with Crippen molar-refractivity contribution in [2.45, 2.75) is 6.92 Å². The number of nitrogens with two attached hydrogens (primary N) is 1. The Bertz CT molecular complexity index is 623. The Hall–Kier alpha value is -1.88. The van der Waals surface area contributed by atoms with Gasteiger partial charge in [-0.15, -0.1) is 0 Å². The van der Waals surface area contributed by atoms with Gasteiger partial charge in [-0.25, -0.2) is 4.39 Å². The van der Waals surface area contributed by atoms with Crippen LogP contribution in [-0.4, -0.2) is 5.91 Å². The molecule has 0 saturated heterocycles. The Kier molecular flexibility index (Phi) is 3.85. The summed E-state index contributed by atoms with van der Waals surface area (Å²) in [6.45, 7) is 1.81. The fraction of sp³-hybridized carbons (Fsp3) is 0.0714. The molecule has 2 rings (SSSR count). The number of nitrogens with one attached hydrogen (secondary N) is 1. The molecule has 0 aliphatic rings. The Balaban J connectivity index is 2.34. The second-order valence-electron chi connectivity index (χ2n) is 4.12. The minimum atomic E-state index is -0.555. The van der Waals surface area contributed by atoms with Gasteiger partial charge in [0.05, 0.1) is 5.69 Å². The quantitative estimate of drug-likeness (QED) is 0.828. The van der Waals surface area contributed by atoms with Crippen molar-refractivity contribution in [3.8, 4) is 0 Å². The molecule has 0 saturated carbocycles. The first kappa shape index (κ1) is 13.5. The van der Waals surface area contributed by atoms with Crippen LogP contribution in [0.2, 0.25) is 0 Å². The highest BCUT2D eigenvalue weighted by atomic mass is 79.9. The van der Waals surface area contributed by atoms with Gasteiger partial charge in [0.2, 0.25) is 0 Å². The van der Waals surface area contributed by atoms with E-state index in [1.807, 2.05) is 19.1 Å². The third-order valence-electron chi connectivity index (χ3n) is 2.73. The molecule has 5 heteroatoms. The smallest absolute Gasteiger partial charge is 0.256 e. The van der Waals surface area contributed by atoms with Crippen LogP contribution < -0.4 is 11.1 Å². The summed E-state index contributed by atoms with van der Waals surface area (Å²) in [6, 6.07) is 9.60. The molecule has 0 heterocycles. The van der Waals surface area contributed by atoms with E-state index in [9.17, 15) is 9.18 Å². The van der Waals surface area contributed by atoms with Gasteiger partial charge in [-0.3, -0.25) is 4.79 Å². The molecule has 3 N–H and O–H groups in total. The van der Waals surface area contributed by atoms with Crippen molar-refractivity contribution in [3.63, 3.8) is 0 Å². The van der Waals surface area contributed by atoms with E-state index in [-0.39, 0.29) is 11.4 Å². The van der Waals surface area contributed by atoms with Gasteiger partial charge >= 0.3 is 0 Å². The average molecular weight is 323 g/mol. The number of hydrogen-bond donors (Lipinski definition) is 2. The zero-order chi connectivity index (χ0) is 14.0. The Labute approximate surface area is 118 Å². The van der Waals surface area contributed by atoms with E-state index in [1.165, 1.54) is 18.2 Å². The molecule has 3 nitrogen and oxygen atoms in total. The molecule has 2 aromatic carbocycles. The molecule has 0 aliphatic heterocycles. The summed E-state index contributed by atoms with van der Waals surface area (Å²) in [5.41, 5.74) is 7.12. The number of anilines is 2. The van der Waals surface area contributed by atoms with Gasteiger partial charge in [0.15, 0.2) is 0 Å². The molecule has 0 spiro atoms. The van der Waals surface area contributed by atoms with Crippen LogP contribution in [0.1, 0.15) is 15.9 Å². The maximum atomic E-state index is 13.6. The molecule has 0 unspecified atom stereocenters. The minimum absolute atomic E-state index is 0.00637. The Morgan fingerprint density at radius 1 is 1.32 bits per heavy atom. The van der Waals surface area contributed by atoms with Crippen LogP contribution in [0.4, 0.5) is 15.8 Å². The number of aryl methyl sites for hydroxylation is 1. The number of para-hydroxylation sites is 1. The average Bonchev–Trinajstić information content (AvgIpc) is 2.37. The number of carbonyl (C=O) groups excluding carboxylic acids is 1. The number of carbonyl (C=O) groups is 1. The Morgan fingerprint density at radius 2 is 2.05 bits per heavy atom. The zero-order valence-corrected chi connectivity index (χ0v) is 11.8. The van der Waals surface area contributed by atoms with Crippen molar-refractivity contribution in [2.75, 3.05) is 11.1 Å². The topological polar surface area (TPSA) is 55.1 Å². The summed E-state index contributed by atoms with van der Waals surface area (Å²) in [6.07, 6.45) is 0. The van der Waals surface area contributed by atoms with E-state index in [0.717, 1.165) is 10.0 Å². The number of hydrogen-bond acceptors (Lipinski definition) is 2. The number of rotatable bonds is 2. The lowest BCUT2D eigenvalue weighted by Gasteiger charge is -2.11. The highest BCUT2D eigenvalue weighted by Crippen LogP contribution is 2.24. The lowest BCUT2D eigenvalue weighted by Crippen LogP contribution is -2.15. The van der Waals surface area contributed by atoms with Gasteiger partial charge in [0, 0.05) is 10.0 Å². The van der Waals surface area contributed by atoms with E-state index < -0.39 is 11.7 Å². The van der Waals surface area contributed by atoms with E-state index in [2.05, 4.69) is 21.2 Å². The maximum Gasteiger partial charge on any atom is 0.256 e. The van der Waals surface area contributed by atoms with Gasteiger partial charge in [-0.05, 0) is 36.8 Å². The normalized spacial score (nSPS) is 10.3. The molecule has 0 aromatic heterocycles. The first-order chi connectivity index (χ1) is 8.99. The van der Waals surface area contributed by atoms with Crippen LogP contribution in [-0.2, 0) is 0 Å². The van der Waals surface area contributed by atoms with Crippen molar-refractivity contribution in [1.29, 1.82) is 0 Å². The lowest BCUT2D eigenvalue weighted by molar-refractivity contribution is 0.102. The number of nitrogen functional groups attached to an aromatic ring is 1. The van der Waals surface area contributed by atoms with Crippen LogP contribution >= 0.6 is 15.9 Å². The number of benzene rings is 2. The predicted molar refractivity (Wildman–Crippen MR) is 77.6 cm³/mol. The monoisotopic (exact) mass is 322 g/mol. The predicted octanol–water partition coefficient (Wildman–Crippen LogP) is 3.73. The first-order valence-corrected chi connectivity index (χ1v) is 6.40. The molecule has 0 fully saturated rings. The van der Waals surface area contributed by atoms with Gasteiger partial charge in [-0.1, -0.05) is 28.1 Å². The highest BCUT2D eigenvalue weighted by molar-refractivity contribution is 9.10. The summed E-state index contributed by atoms with van der Waals surface area (Å²) in [7, 11) is 0. The van der Waals surface area contributed by atoms with E-state index in [0.29, 0.717) is 5.56 Å². The molecular formula is C14H12BrFN2O. The zero-order valence-electron chi connectivity index (χ0n) is 10.2. The molecule has 0 bridgehead atoms. The molecular weight excluding hydrogens is 311 g/mol. The molecule has 1 amide bonds. The summed E-state index contributed by atoms with van der Waals surface area (Å²) < 4.78 is 14.4. The fourth-order valence-corrected chi connectivity index (χ4v) is 2.05. The van der Waals surface area contributed by atoms with Crippen LogP contribution in [0.3, 0.4) is 0 Å². The standard InChI is InChI=1S/C14H12BrFN2O/c1-8-5-6-9(15)7-10(8)14(19)18-13-11(16)3-2-4-12(13)17/h2-7H,17H2,1H3,(H,18,19). The molecule has 19 heavy (non-hydrogen) atoms. The molecule has 2 aromatic rings. The Morgan fingerprint density at radius 3 is 2.74 bits per heavy atom. The second kappa shape index (κ2) is 5.40. The number of amides is 1. The molecule has 98 valence electrons. The van der Waals surface area contributed by atoms with Crippen molar-refractivity contribution < 1.29 is 9.18 Å². The highest BCUT2D eigenvalue weighted by Gasteiger charge is 2.13. The summed E-state index contributed by atoms with van der Waals surface area (Å²) in [5.74, 6) is -0.948. The summed E-state index contributed by atoms with van der Waals surface area (Å²) >= 11 is 3.30. The van der Waals surface area contributed by atoms with E-state index in [4.69, 9.17) is 5.73 Å². The second-order valence-corrected chi connectivity index (χ2v) is 5.03. The van der Waals surface area contributed by atoms with Gasteiger partial charge < -0.3 is 11.1 Å². The van der Waals surface area contributed by atoms with Gasteiger partial charge in [-0.2, -0.15) is 0 Å². The largest absolute Gasteiger partial charge is 0.397 e. The van der Waals surface area contributed by atoms with E-state index >= 15 is 0 Å². The maximum absolute atomic E-state index is 13.6. The van der Waals surface area contributed by atoms with Crippen LogP contribution in [0.25, 0.3) is 0 Å². The molecule has 0 aliphatic carbocycles. The lowest BCUT2D eigenvalue weighted by atomic mass is 10.1. The van der Waals surface area contributed by atoms with Crippen molar-refractivity contribution in [2.24, 2.45) is 0 Å². The summed E-state index contributed by atoms with van der Waals surface area (Å²) in [4.78, 5) is 12.1. The molecule has 0 radical (unpaired) electrons. The minimum Gasteiger partial charge on any atom is -0.397 e. The third kappa shape index (κ3) is 2.93. The third-order valence-corrected chi connectivity index (χ3v) is 3.22. The van der Waals surface area contributed by atoms with Crippen molar-refractivity contribution in [1.82, 2.24) is 0 Å². The summed E-state index contributed by atoms with van der Waals surface area (Å²) in [5, 5.41) is 2.50. The van der Waals surface area contributed by atoms with Gasteiger partial charge in [0.1, 0.15) is 11.5 Å². The fourth-order valence-electron chi connectivity index (χ4n) is 1.69. The van der Waals surface area contributed by atoms with Crippen molar-refractivity contribution >= 4 is 33.2 Å². The van der Waals surface area contributed by atoms with Crippen LogP contribution in [0.5, 0.6) is 0 Å². The van der Waals surface area contributed by atoms with Gasteiger partial charge in [0.25, 0.3) is 5.91 Å². The molecule has 0 atom stereocenters. The van der Waals surface area contributed by atoms with Crippen LogP contribution in [0, 0.1) is 12.7 Å². The van der Waals surface area contributed by atoms with Crippen molar-refractivity contribution in [3.05, 3.63) is 57.8 Å².